The monoisotopic (exact) mass is 682 g/mol. The largest absolute Gasteiger partial charge is 0.490 e. The summed E-state index contributed by atoms with van der Waals surface area (Å²) in [7, 11) is 0. The molecule has 0 aliphatic carbocycles. The van der Waals surface area contributed by atoms with Gasteiger partial charge in [-0.25, -0.2) is 0 Å². The third-order valence-electron chi connectivity index (χ3n) is 5.68. The Morgan fingerprint density at radius 1 is 1.05 bits per heavy atom. The summed E-state index contributed by atoms with van der Waals surface area (Å²) in [5.74, 6) is -0.173. The van der Waals surface area contributed by atoms with Crippen LogP contribution in [0, 0.1) is 6.92 Å². The van der Waals surface area contributed by atoms with Crippen molar-refractivity contribution in [3.63, 3.8) is 0 Å². The van der Waals surface area contributed by atoms with Gasteiger partial charge in [-0.15, -0.1) is 0 Å². The zero-order valence-electron chi connectivity index (χ0n) is 21.2. The number of benzene rings is 3. The third kappa shape index (κ3) is 7.14. The first kappa shape index (κ1) is 30.3. The Balaban J connectivity index is 1.50. The molecule has 0 radical (unpaired) electrons. The van der Waals surface area contributed by atoms with E-state index < -0.39 is 11.1 Å². The number of anilines is 1. The number of nitrogens with zero attached hydrogens (tertiary/aromatic N) is 1. The number of halogens is 4. The number of rotatable bonds is 9. The fourth-order valence-corrected chi connectivity index (χ4v) is 5.82. The lowest BCUT2D eigenvalue weighted by molar-refractivity contribution is -0.123. The number of thioether (sulfide) groups is 1. The smallest absolute Gasteiger partial charge is 0.293 e. The Hall–Kier alpha value is -2.69. The van der Waals surface area contributed by atoms with Crippen LogP contribution in [0.25, 0.3) is 6.08 Å². The van der Waals surface area contributed by atoms with E-state index in [1.807, 2.05) is 19.9 Å². The molecule has 3 aromatic rings. The molecule has 0 saturated carbocycles. The Morgan fingerprint density at radius 2 is 1.77 bits per heavy atom. The van der Waals surface area contributed by atoms with Gasteiger partial charge in [-0.05, 0) is 95.1 Å². The molecule has 3 amide bonds. The molecule has 4 rings (SSSR count). The molecule has 1 saturated heterocycles. The quantitative estimate of drug-likeness (QED) is 0.228. The molecule has 1 aliphatic heterocycles. The van der Waals surface area contributed by atoms with E-state index >= 15 is 0 Å². The number of carbonyl (C=O) groups excluding carboxylic acids is 3. The van der Waals surface area contributed by atoms with Gasteiger partial charge in [0.15, 0.2) is 18.1 Å². The second-order valence-electron chi connectivity index (χ2n) is 8.53. The number of imide groups is 1. The van der Waals surface area contributed by atoms with Crippen molar-refractivity contribution >= 4 is 91.3 Å². The summed E-state index contributed by atoms with van der Waals surface area (Å²) < 4.78 is 12.0. The number of carbonyl (C=O) groups is 3. The molecule has 40 heavy (non-hydrogen) atoms. The Kier molecular flexibility index (Phi) is 10.1. The summed E-state index contributed by atoms with van der Waals surface area (Å²) >= 11 is 22.9. The number of nitrogens with one attached hydrogen (secondary N) is 1. The van der Waals surface area contributed by atoms with Crippen LogP contribution in [0.5, 0.6) is 11.5 Å². The summed E-state index contributed by atoms with van der Waals surface area (Å²) in [4.78, 5) is 39.6. The number of aryl methyl sites for hydroxylation is 1. The molecular weight excluding hydrogens is 663 g/mol. The minimum atomic E-state index is -0.465. The SMILES string of the molecule is CCOc1cc(/C=C2\SC(=O)N(Cc3c(Cl)cccc3Cl)C2=O)cc(Br)c1OCC(=O)Nc1ccc(C)c(Cl)c1. The van der Waals surface area contributed by atoms with Crippen LogP contribution in [0.15, 0.2) is 57.9 Å². The van der Waals surface area contributed by atoms with Crippen molar-refractivity contribution in [2.75, 3.05) is 18.5 Å². The molecule has 7 nitrogen and oxygen atoms in total. The molecule has 208 valence electrons. The predicted octanol–water partition coefficient (Wildman–Crippen LogP) is 8.37. The van der Waals surface area contributed by atoms with Crippen LogP contribution in [0.4, 0.5) is 10.5 Å². The summed E-state index contributed by atoms with van der Waals surface area (Å²) in [6, 6.07) is 13.6. The lowest BCUT2D eigenvalue weighted by atomic mass is 10.1. The number of ether oxygens (including phenoxy) is 2. The van der Waals surface area contributed by atoms with Crippen molar-refractivity contribution in [3.8, 4) is 11.5 Å². The summed E-state index contributed by atoms with van der Waals surface area (Å²) in [5, 5.41) is 3.59. The molecule has 0 spiro atoms. The molecular formula is C28H22BrCl3N2O5S. The van der Waals surface area contributed by atoms with Gasteiger partial charge < -0.3 is 14.8 Å². The number of hydrogen-bond donors (Lipinski definition) is 1. The van der Waals surface area contributed by atoms with Crippen LogP contribution in [-0.4, -0.2) is 35.2 Å². The van der Waals surface area contributed by atoms with Gasteiger partial charge in [0, 0.05) is 26.3 Å². The highest BCUT2D eigenvalue weighted by molar-refractivity contribution is 9.10. The maximum absolute atomic E-state index is 13.1. The van der Waals surface area contributed by atoms with Crippen LogP contribution in [0.3, 0.4) is 0 Å². The van der Waals surface area contributed by atoms with Gasteiger partial charge in [0.05, 0.1) is 22.5 Å². The summed E-state index contributed by atoms with van der Waals surface area (Å²) in [5.41, 5.74) is 2.53. The van der Waals surface area contributed by atoms with Crippen molar-refractivity contribution in [2.45, 2.75) is 20.4 Å². The van der Waals surface area contributed by atoms with E-state index in [-0.39, 0.29) is 24.0 Å². The average molecular weight is 685 g/mol. The lowest BCUT2D eigenvalue weighted by Gasteiger charge is -2.15. The first-order valence-corrected chi connectivity index (χ1v) is 14.6. The van der Waals surface area contributed by atoms with Crippen molar-refractivity contribution in [2.24, 2.45) is 0 Å². The van der Waals surface area contributed by atoms with Crippen LogP contribution in [0.1, 0.15) is 23.6 Å². The highest BCUT2D eigenvalue weighted by atomic mass is 79.9. The second-order valence-corrected chi connectivity index (χ2v) is 11.6. The summed E-state index contributed by atoms with van der Waals surface area (Å²) in [6.45, 7) is 3.68. The molecule has 0 bridgehead atoms. The van der Waals surface area contributed by atoms with Gasteiger partial charge in [0.2, 0.25) is 0 Å². The molecule has 0 unspecified atom stereocenters. The van der Waals surface area contributed by atoms with Gasteiger partial charge >= 0.3 is 0 Å². The van der Waals surface area contributed by atoms with E-state index in [9.17, 15) is 14.4 Å². The zero-order valence-corrected chi connectivity index (χ0v) is 25.9. The lowest BCUT2D eigenvalue weighted by Crippen LogP contribution is -2.27. The fourth-order valence-electron chi connectivity index (χ4n) is 3.71. The van der Waals surface area contributed by atoms with E-state index in [0.29, 0.717) is 54.5 Å². The Bertz CT molecular complexity index is 1510. The van der Waals surface area contributed by atoms with Crippen LogP contribution >= 0.6 is 62.5 Å². The third-order valence-corrected chi connectivity index (χ3v) is 8.30. The predicted molar refractivity (Wildman–Crippen MR) is 164 cm³/mol. The molecule has 1 heterocycles. The Morgan fingerprint density at radius 3 is 2.45 bits per heavy atom. The van der Waals surface area contributed by atoms with E-state index in [2.05, 4.69) is 21.2 Å². The van der Waals surface area contributed by atoms with Gasteiger partial charge in [-0.2, -0.15) is 0 Å². The van der Waals surface area contributed by atoms with E-state index in [4.69, 9.17) is 44.3 Å². The number of amides is 3. The molecule has 0 aromatic heterocycles. The van der Waals surface area contributed by atoms with E-state index in [0.717, 1.165) is 22.2 Å². The minimum Gasteiger partial charge on any atom is -0.490 e. The molecule has 1 N–H and O–H groups in total. The van der Waals surface area contributed by atoms with Crippen LogP contribution < -0.4 is 14.8 Å². The highest BCUT2D eigenvalue weighted by Gasteiger charge is 2.36. The van der Waals surface area contributed by atoms with Gasteiger partial charge in [-0.1, -0.05) is 46.9 Å². The van der Waals surface area contributed by atoms with Gasteiger partial charge in [0.25, 0.3) is 17.1 Å². The van der Waals surface area contributed by atoms with Gasteiger partial charge in [-0.3, -0.25) is 19.3 Å². The normalized spacial score (nSPS) is 14.2. The van der Waals surface area contributed by atoms with Crippen LogP contribution in [-0.2, 0) is 16.1 Å². The minimum absolute atomic E-state index is 0.0436. The molecule has 3 aromatic carbocycles. The molecule has 1 fully saturated rings. The van der Waals surface area contributed by atoms with E-state index in [1.54, 1.807) is 48.5 Å². The Labute approximate surface area is 258 Å². The van der Waals surface area contributed by atoms with Crippen molar-refractivity contribution in [1.29, 1.82) is 0 Å². The maximum atomic E-state index is 13.1. The maximum Gasteiger partial charge on any atom is 0.293 e. The first-order chi connectivity index (χ1) is 19.1. The zero-order chi connectivity index (χ0) is 29.0. The standard InChI is InChI=1S/C28H22BrCl3N2O5S/c1-3-38-23-10-16(9-19(29)26(23)39-14-25(35)33-17-8-7-15(2)22(32)12-17)11-24-27(36)34(28(37)40-24)13-18-20(30)5-4-6-21(18)31/h4-12H,3,13-14H2,1-2H3,(H,33,35)/b24-11-. The molecule has 12 heteroatoms. The second kappa shape index (κ2) is 13.3. The van der Waals surface area contributed by atoms with Crippen LogP contribution in [0.2, 0.25) is 15.1 Å². The molecule has 0 atom stereocenters. The fraction of sp³-hybridized carbons (Fsp3) is 0.179. The van der Waals surface area contributed by atoms with Gasteiger partial charge in [0.1, 0.15) is 0 Å². The first-order valence-electron chi connectivity index (χ1n) is 11.9. The topological polar surface area (TPSA) is 84.9 Å². The van der Waals surface area contributed by atoms with E-state index in [1.165, 1.54) is 0 Å². The number of hydrogen-bond acceptors (Lipinski definition) is 6. The molecule has 1 aliphatic rings. The summed E-state index contributed by atoms with van der Waals surface area (Å²) in [6.07, 6.45) is 1.59. The van der Waals surface area contributed by atoms with Crippen molar-refractivity contribution in [3.05, 3.63) is 89.7 Å². The van der Waals surface area contributed by atoms with Crippen molar-refractivity contribution in [1.82, 2.24) is 4.90 Å². The highest BCUT2D eigenvalue weighted by Crippen LogP contribution is 2.40. The average Bonchev–Trinajstić information content (AvgIpc) is 3.15. The van der Waals surface area contributed by atoms with Crippen molar-refractivity contribution < 1.29 is 23.9 Å².